The summed E-state index contributed by atoms with van der Waals surface area (Å²) in [7, 11) is 4.42. The van der Waals surface area contributed by atoms with Crippen LogP contribution < -0.4 is 24.4 Å². The number of phenolic OH excluding ortho intramolecular Hbond substituents is 1. The van der Waals surface area contributed by atoms with E-state index in [9.17, 15) is 9.90 Å². The molecule has 1 aliphatic heterocycles. The number of ether oxygens (including phenoxy) is 5. The molecule has 0 spiro atoms. The van der Waals surface area contributed by atoms with Gasteiger partial charge in [0, 0.05) is 12.7 Å². The Bertz CT molecular complexity index is 1390. The lowest BCUT2D eigenvalue weighted by atomic mass is 10.1. The number of para-hydroxylation sites is 1. The number of hydrogen-bond donors (Lipinski definition) is 1. The SMILES string of the molecule is COc1cc(C2Oc3c(OC)cc4c(=O)c5ccccc5oc4c3OC2OC)ccc1O. The Morgan fingerprint density at radius 1 is 0.875 bits per heavy atom. The summed E-state index contributed by atoms with van der Waals surface area (Å²) < 4.78 is 34.7. The van der Waals surface area contributed by atoms with E-state index in [1.807, 2.05) is 0 Å². The van der Waals surface area contributed by atoms with E-state index in [0.717, 1.165) is 0 Å². The molecule has 1 N–H and O–H groups in total. The quantitative estimate of drug-likeness (QED) is 0.477. The number of benzene rings is 3. The highest BCUT2D eigenvalue weighted by Crippen LogP contribution is 2.50. The standard InChI is InChI=1S/C24H20O8/c1-27-17-10-12(8-9-15(17)25)20-24(29-3)32-23-21-14(11-18(28-2)22(23)31-20)19(26)13-6-4-5-7-16(13)30-21/h4-11,20,24-25H,1-3H3. The molecule has 0 saturated carbocycles. The van der Waals surface area contributed by atoms with Gasteiger partial charge in [-0.1, -0.05) is 18.2 Å². The van der Waals surface area contributed by atoms with Gasteiger partial charge < -0.3 is 33.2 Å². The second-order valence-electron chi connectivity index (χ2n) is 7.23. The molecule has 0 radical (unpaired) electrons. The van der Waals surface area contributed by atoms with Crippen LogP contribution in [0.15, 0.2) is 57.7 Å². The number of rotatable bonds is 4. The van der Waals surface area contributed by atoms with Gasteiger partial charge in [0.1, 0.15) is 5.58 Å². The first-order valence-electron chi connectivity index (χ1n) is 9.85. The zero-order valence-electron chi connectivity index (χ0n) is 17.6. The first kappa shape index (κ1) is 20.0. The van der Waals surface area contributed by atoms with Crippen molar-refractivity contribution in [3.05, 3.63) is 64.3 Å². The van der Waals surface area contributed by atoms with Crippen LogP contribution in [0, 0.1) is 0 Å². The molecule has 1 aromatic heterocycles. The smallest absolute Gasteiger partial charge is 0.241 e. The maximum absolute atomic E-state index is 13.1. The molecule has 5 rings (SSSR count). The number of hydrogen-bond acceptors (Lipinski definition) is 8. The van der Waals surface area contributed by atoms with Crippen molar-refractivity contribution in [2.45, 2.75) is 12.4 Å². The van der Waals surface area contributed by atoms with Crippen LogP contribution in [0.25, 0.3) is 21.9 Å². The van der Waals surface area contributed by atoms with Crippen molar-refractivity contribution in [3.8, 4) is 28.7 Å². The summed E-state index contributed by atoms with van der Waals surface area (Å²) in [5.41, 5.74) is 1.12. The molecule has 0 aliphatic carbocycles. The minimum atomic E-state index is -0.871. The van der Waals surface area contributed by atoms with Crippen LogP contribution in [0.5, 0.6) is 28.7 Å². The lowest BCUT2D eigenvalue weighted by Crippen LogP contribution is -2.35. The number of methoxy groups -OCH3 is 3. The minimum absolute atomic E-state index is 0.000396. The monoisotopic (exact) mass is 436 g/mol. The second-order valence-corrected chi connectivity index (χ2v) is 7.23. The lowest BCUT2D eigenvalue weighted by Gasteiger charge is -2.34. The average molecular weight is 436 g/mol. The largest absolute Gasteiger partial charge is 0.504 e. The van der Waals surface area contributed by atoms with Crippen LogP contribution in [-0.4, -0.2) is 32.7 Å². The lowest BCUT2D eigenvalue weighted by molar-refractivity contribution is -0.137. The highest BCUT2D eigenvalue weighted by atomic mass is 16.7. The molecule has 0 amide bonds. The maximum Gasteiger partial charge on any atom is 0.241 e. The molecule has 0 saturated heterocycles. The molecular weight excluding hydrogens is 416 g/mol. The van der Waals surface area contributed by atoms with Crippen molar-refractivity contribution in [3.63, 3.8) is 0 Å². The van der Waals surface area contributed by atoms with Gasteiger partial charge in [-0.25, -0.2) is 0 Å². The summed E-state index contributed by atoms with van der Waals surface area (Å²) in [6.07, 6.45) is -1.58. The van der Waals surface area contributed by atoms with Gasteiger partial charge in [0.15, 0.2) is 28.9 Å². The van der Waals surface area contributed by atoms with Crippen molar-refractivity contribution in [2.24, 2.45) is 0 Å². The first-order chi connectivity index (χ1) is 15.5. The Labute approximate surface area is 182 Å². The summed E-state index contributed by atoms with van der Waals surface area (Å²) in [6.45, 7) is 0. The molecule has 8 heteroatoms. The van der Waals surface area contributed by atoms with E-state index in [4.69, 9.17) is 28.1 Å². The summed E-state index contributed by atoms with van der Waals surface area (Å²) in [5.74, 6) is 1.11. The van der Waals surface area contributed by atoms with Crippen molar-refractivity contribution in [1.82, 2.24) is 0 Å². The zero-order chi connectivity index (χ0) is 22.4. The molecule has 2 unspecified atom stereocenters. The average Bonchev–Trinajstić information content (AvgIpc) is 2.83. The van der Waals surface area contributed by atoms with Crippen LogP contribution in [0.2, 0.25) is 0 Å². The fourth-order valence-electron chi connectivity index (χ4n) is 3.87. The van der Waals surface area contributed by atoms with E-state index < -0.39 is 12.4 Å². The molecule has 0 bridgehead atoms. The number of fused-ring (bicyclic) bond motifs is 4. The third-order valence-corrected chi connectivity index (χ3v) is 5.46. The van der Waals surface area contributed by atoms with E-state index in [2.05, 4.69) is 0 Å². The van der Waals surface area contributed by atoms with Crippen molar-refractivity contribution in [1.29, 1.82) is 0 Å². The van der Waals surface area contributed by atoms with Gasteiger partial charge in [-0.05, 0) is 30.3 Å². The minimum Gasteiger partial charge on any atom is -0.504 e. The predicted molar refractivity (Wildman–Crippen MR) is 116 cm³/mol. The summed E-state index contributed by atoms with van der Waals surface area (Å²) >= 11 is 0. The molecule has 8 nitrogen and oxygen atoms in total. The Morgan fingerprint density at radius 2 is 1.66 bits per heavy atom. The molecule has 1 aliphatic rings. The molecule has 0 fully saturated rings. The second kappa shape index (κ2) is 7.65. The van der Waals surface area contributed by atoms with Gasteiger partial charge in [-0.15, -0.1) is 0 Å². The Balaban J connectivity index is 1.72. The highest BCUT2D eigenvalue weighted by molar-refractivity contribution is 5.95. The Kier molecular flexibility index (Phi) is 4.79. The van der Waals surface area contributed by atoms with Gasteiger partial charge in [-0.2, -0.15) is 0 Å². The molecule has 2 heterocycles. The van der Waals surface area contributed by atoms with Crippen LogP contribution in [-0.2, 0) is 4.74 Å². The van der Waals surface area contributed by atoms with Crippen molar-refractivity contribution in [2.75, 3.05) is 21.3 Å². The molecular formula is C24H20O8. The van der Waals surface area contributed by atoms with Crippen LogP contribution in [0.4, 0.5) is 0 Å². The molecule has 164 valence electrons. The van der Waals surface area contributed by atoms with E-state index in [-0.39, 0.29) is 34.0 Å². The van der Waals surface area contributed by atoms with E-state index in [1.54, 1.807) is 42.5 Å². The van der Waals surface area contributed by atoms with Crippen molar-refractivity contribution >= 4 is 21.9 Å². The summed E-state index contributed by atoms with van der Waals surface area (Å²) in [4.78, 5) is 13.1. The van der Waals surface area contributed by atoms with Crippen molar-refractivity contribution < 1.29 is 33.2 Å². The van der Waals surface area contributed by atoms with Gasteiger partial charge in [0.25, 0.3) is 0 Å². The fraction of sp³-hybridized carbons (Fsp3) is 0.208. The van der Waals surface area contributed by atoms with Crippen LogP contribution in [0.1, 0.15) is 11.7 Å². The number of phenols is 1. The van der Waals surface area contributed by atoms with E-state index in [0.29, 0.717) is 27.7 Å². The predicted octanol–water partition coefficient (Wildman–Crippen LogP) is 4.15. The summed E-state index contributed by atoms with van der Waals surface area (Å²) in [5, 5.41) is 10.7. The third kappa shape index (κ3) is 2.99. The Morgan fingerprint density at radius 3 is 2.41 bits per heavy atom. The summed E-state index contributed by atoms with van der Waals surface area (Å²) in [6, 6.07) is 13.4. The first-order valence-corrected chi connectivity index (χ1v) is 9.85. The Hall–Kier alpha value is -3.91. The fourth-order valence-corrected chi connectivity index (χ4v) is 3.87. The van der Waals surface area contributed by atoms with Gasteiger partial charge in [0.05, 0.1) is 25.0 Å². The normalized spacial score (nSPS) is 17.5. The number of aromatic hydroxyl groups is 1. The molecule has 32 heavy (non-hydrogen) atoms. The third-order valence-electron chi connectivity index (χ3n) is 5.46. The van der Waals surface area contributed by atoms with Crippen LogP contribution >= 0.6 is 0 Å². The molecule has 4 aromatic rings. The van der Waals surface area contributed by atoms with Gasteiger partial charge in [0.2, 0.25) is 23.2 Å². The highest BCUT2D eigenvalue weighted by Gasteiger charge is 2.38. The van der Waals surface area contributed by atoms with Gasteiger partial charge >= 0.3 is 0 Å². The van der Waals surface area contributed by atoms with Crippen LogP contribution in [0.3, 0.4) is 0 Å². The topological polar surface area (TPSA) is 96.6 Å². The zero-order valence-corrected chi connectivity index (χ0v) is 17.6. The van der Waals surface area contributed by atoms with Gasteiger partial charge in [-0.3, -0.25) is 4.79 Å². The van der Waals surface area contributed by atoms with E-state index in [1.165, 1.54) is 27.4 Å². The van der Waals surface area contributed by atoms with E-state index >= 15 is 0 Å². The maximum atomic E-state index is 13.1. The molecule has 3 aromatic carbocycles. The molecule has 2 atom stereocenters.